The molecule has 4 heteroatoms. The van der Waals surface area contributed by atoms with Crippen LogP contribution in [0, 0.1) is 23.7 Å². The molecule has 0 radical (unpaired) electrons. The van der Waals surface area contributed by atoms with Crippen molar-refractivity contribution < 1.29 is 19.1 Å². The monoisotopic (exact) mass is 454 g/mol. The summed E-state index contributed by atoms with van der Waals surface area (Å²) in [5, 5.41) is 0. The van der Waals surface area contributed by atoms with Crippen LogP contribution < -0.4 is 0 Å². The van der Waals surface area contributed by atoms with Gasteiger partial charge in [-0.05, 0) is 56.3 Å². The average Bonchev–Trinajstić information content (AvgIpc) is 2.71. The lowest BCUT2D eigenvalue weighted by molar-refractivity contribution is -0.150. The largest absolute Gasteiger partial charge is 0.466 e. The topological polar surface area (TPSA) is 52.6 Å². The van der Waals surface area contributed by atoms with Gasteiger partial charge in [0.05, 0.1) is 19.1 Å². The molecule has 0 aliphatic carbocycles. The Morgan fingerprint density at radius 3 is 1.53 bits per heavy atom. The SMILES string of the molecule is CC(C)CCCOC(=O)CCCCCCCCCCC(C(=O)OCCCC(C)C)C(C)C. The highest BCUT2D eigenvalue weighted by molar-refractivity contribution is 5.72. The van der Waals surface area contributed by atoms with E-state index in [4.69, 9.17) is 9.47 Å². The van der Waals surface area contributed by atoms with Gasteiger partial charge in [0, 0.05) is 6.42 Å². The van der Waals surface area contributed by atoms with E-state index in [-0.39, 0.29) is 17.9 Å². The van der Waals surface area contributed by atoms with Crippen molar-refractivity contribution in [3.8, 4) is 0 Å². The maximum atomic E-state index is 12.4. The molecule has 0 fully saturated rings. The fourth-order valence-corrected chi connectivity index (χ4v) is 3.94. The van der Waals surface area contributed by atoms with Crippen LogP contribution in [-0.2, 0) is 19.1 Å². The van der Waals surface area contributed by atoms with Crippen molar-refractivity contribution in [3.63, 3.8) is 0 Å². The first-order valence-corrected chi connectivity index (χ1v) is 13.6. The Balaban J connectivity index is 3.63. The van der Waals surface area contributed by atoms with Gasteiger partial charge in [-0.3, -0.25) is 9.59 Å². The molecule has 0 N–H and O–H groups in total. The maximum Gasteiger partial charge on any atom is 0.309 e. The lowest BCUT2D eigenvalue weighted by Crippen LogP contribution is -2.23. The molecule has 0 aromatic rings. The Hall–Kier alpha value is -1.06. The maximum absolute atomic E-state index is 12.4. The molecule has 0 aromatic heterocycles. The molecular weight excluding hydrogens is 400 g/mol. The minimum atomic E-state index is -0.0353. The van der Waals surface area contributed by atoms with E-state index in [1.54, 1.807) is 0 Å². The minimum Gasteiger partial charge on any atom is -0.466 e. The zero-order chi connectivity index (χ0) is 24.2. The number of carbonyl (C=O) groups excluding carboxylic acids is 2. The van der Waals surface area contributed by atoms with Gasteiger partial charge in [-0.25, -0.2) is 0 Å². The van der Waals surface area contributed by atoms with Gasteiger partial charge in [-0.1, -0.05) is 86.5 Å². The van der Waals surface area contributed by atoms with Crippen LogP contribution in [0.5, 0.6) is 0 Å². The third-order valence-corrected chi connectivity index (χ3v) is 6.11. The normalized spacial score (nSPS) is 12.5. The summed E-state index contributed by atoms with van der Waals surface area (Å²) < 4.78 is 10.8. The zero-order valence-electron chi connectivity index (χ0n) is 22.3. The van der Waals surface area contributed by atoms with Crippen molar-refractivity contribution in [1.29, 1.82) is 0 Å². The van der Waals surface area contributed by atoms with Gasteiger partial charge in [0.2, 0.25) is 0 Å². The molecule has 190 valence electrons. The van der Waals surface area contributed by atoms with Gasteiger partial charge in [0.25, 0.3) is 0 Å². The molecule has 4 nitrogen and oxygen atoms in total. The lowest BCUT2D eigenvalue weighted by atomic mass is 9.90. The van der Waals surface area contributed by atoms with E-state index in [9.17, 15) is 9.59 Å². The Morgan fingerprint density at radius 2 is 1.03 bits per heavy atom. The van der Waals surface area contributed by atoms with E-state index in [2.05, 4.69) is 41.5 Å². The average molecular weight is 455 g/mol. The number of esters is 2. The van der Waals surface area contributed by atoms with Crippen LogP contribution in [0.3, 0.4) is 0 Å². The summed E-state index contributed by atoms with van der Waals surface area (Å²) in [4.78, 5) is 24.1. The molecule has 0 heterocycles. The molecule has 0 saturated carbocycles. The second-order valence-electron chi connectivity index (χ2n) is 10.7. The molecule has 0 amide bonds. The van der Waals surface area contributed by atoms with Crippen LogP contribution in [0.15, 0.2) is 0 Å². The van der Waals surface area contributed by atoms with E-state index < -0.39 is 0 Å². The van der Waals surface area contributed by atoms with Crippen LogP contribution in [0.2, 0.25) is 0 Å². The number of hydrogen-bond acceptors (Lipinski definition) is 4. The van der Waals surface area contributed by atoms with Crippen molar-refractivity contribution in [1.82, 2.24) is 0 Å². The first-order valence-electron chi connectivity index (χ1n) is 13.6. The summed E-state index contributed by atoms with van der Waals surface area (Å²) in [5.41, 5.74) is 0. The Kier molecular flexibility index (Phi) is 19.9. The number of carbonyl (C=O) groups is 2. The number of rotatable bonds is 21. The van der Waals surface area contributed by atoms with E-state index in [1.165, 1.54) is 32.1 Å². The molecular formula is C28H54O4. The fourth-order valence-electron chi connectivity index (χ4n) is 3.94. The van der Waals surface area contributed by atoms with Crippen LogP contribution in [-0.4, -0.2) is 25.2 Å². The third-order valence-electron chi connectivity index (χ3n) is 6.11. The summed E-state index contributed by atoms with van der Waals surface area (Å²) in [6, 6.07) is 0. The van der Waals surface area contributed by atoms with E-state index >= 15 is 0 Å². The highest BCUT2D eigenvalue weighted by Crippen LogP contribution is 2.21. The van der Waals surface area contributed by atoms with Crippen LogP contribution >= 0.6 is 0 Å². The molecule has 0 rings (SSSR count). The van der Waals surface area contributed by atoms with Crippen molar-refractivity contribution in [2.75, 3.05) is 13.2 Å². The van der Waals surface area contributed by atoms with E-state index in [0.29, 0.717) is 37.4 Å². The van der Waals surface area contributed by atoms with Crippen LogP contribution in [0.25, 0.3) is 0 Å². The third kappa shape index (κ3) is 19.6. The smallest absolute Gasteiger partial charge is 0.309 e. The van der Waals surface area contributed by atoms with Gasteiger partial charge in [0.15, 0.2) is 0 Å². The summed E-state index contributed by atoms with van der Waals surface area (Å²) in [6.45, 7) is 14.2. The summed E-state index contributed by atoms with van der Waals surface area (Å²) in [5.74, 6) is 1.68. The lowest BCUT2D eigenvalue weighted by Gasteiger charge is -2.19. The van der Waals surface area contributed by atoms with Crippen LogP contribution in [0.1, 0.15) is 131 Å². The fraction of sp³-hybridized carbons (Fsp3) is 0.929. The molecule has 0 aliphatic heterocycles. The van der Waals surface area contributed by atoms with E-state index in [1.807, 2.05) is 0 Å². The predicted octanol–water partition coefficient (Wildman–Crippen LogP) is 8.12. The summed E-state index contributed by atoms with van der Waals surface area (Å²) in [7, 11) is 0. The van der Waals surface area contributed by atoms with Crippen molar-refractivity contribution in [2.24, 2.45) is 23.7 Å². The van der Waals surface area contributed by atoms with E-state index in [0.717, 1.165) is 51.4 Å². The first-order chi connectivity index (χ1) is 15.2. The zero-order valence-corrected chi connectivity index (χ0v) is 22.3. The number of hydrogen-bond donors (Lipinski definition) is 0. The highest BCUT2D eigenvalue weighted by Gasteiger charge is 2.23. The van der Waals surface area contributed by atoms with Gasteiger partial charge >= 0.3 is 11.9 Å². The molecule has 0 aliphatic rings. The standard InChI is InChI=1S/C28H54O4/c1-23(2)17-15-21-31-27(29)20-14-12-10-8-7-9-11-13-19-26(25(5)6)28(30)32-22-16-18-24(3)4/h23-26H,7-22H2,1-6H3. The van der Waals surface area contributed by atoms with Gasteiger partial charge in [-0.15, -0.1) is 0 Å². The Morgan fingerprint density at radius 1 is 0.562 bits per heavy atom. The van der Waals surface area contributed by atoms with Crippen LogP contribution in [0.4, 0.5) is 0 Å². The first kappa shape index (κ1) is 30.9. The minimum absolute atomic E-state index is 0.00204. The summed E-state index contributed by atoms with van der Waals surface area (Å²) >= 11 is 0. The Labute approximate surface area is 199 Å². The molecule has 0 bridgehead atoms. The van der Waals surface area contributed by atoms with Crippen molar-refractivity contribution in [2.45, 2.75) is 131 Å². The van der Waals surface area contributed by atoms with Gasteiger partial charge in [-0.2, -0.15) is 0 Å². The van der Waals surface area contributed by atoms with Crippen molar-refractivity contribution in [3.05, 3.63) is 0 Å². The Bertz CT molecular complexity index is 456. The molecule has 32 heavy (non-hydrogen) atoms. The molecule has 1 unspecified atom stereocenters. The molecule has 0 spiro atoms. The second-order valence-corrected chi connectivity index (χ2v) is 10.7. The quantitative estimate of drug-likeness (QED) is 0.130. The molecule has 0 saturated heterocycles. The predicted molar refractivity (Wildman–Crippen MR) is 135 cm³/mol. The second kappa shape index (κ2) is 20.5. The van der Waals surface area contributed by atoms with Crippen molar-refractivity contribution >= 4 is 11.9 Å². The number of unbranched alkanes of at least 4 members (excludes halogenated alkanes) is 7. The molecule has 1 atom stereocenters. The van der Waals surface area contributed by atoms with Gasteiger partial charge < -0.3 is 9.47 Å². The highest BCUT2D eigenvalue weighted by atomic mass is 16.5. The molecule has 0 aromatic carbocycles. The van der Waals surface area contributed by atoms with Gasteiger partial charge in [0.1, 0.15) is 0 Å². The summed E-state index contributed by atoms with van der Waals surface area (Å²) in [6.07, 6.45) is 14.9. The number of ether oxygens (including phenoxy) is 2.